The minimum absolute atomic E-state index is 0.159. The number of nitro groups is 1. The first kappa shape index (κ1) is 23.8. The average Bonchev–Trinajstić information content (AvgIpc) is 3.17. The summed E-state index contributed by atoms with van der Waals surface area (Å²) in [6.07, 6.45) is -1.91. The minimum atomic E-state index is -4.81. The van der Waals surface area contributed by atoms with E-state index in [-0.39, 0.29) is 23.3 Å². The highest BCUT2D eigenvalue weighted by atomic mass is 19.4. The molecule has 1 aromatic heterocycles. The van der Waals surface area contributed by atoms with Crippen LogP contribution in [0.5, 0.6) is 11.8 Å². The van der Waals surface area contributed by atoms with E-state index >= 15 is 0 Å². The lowest BCUT2D eigenvalue weighted by Gasteiger charge is -2.35. The second-order valence-corrected chi connectivity index (χ2v) is 8.29. The molecule has 0 bridgehead atoms. The van der Waals surface area contributed by atoms with Crippen LogP contribution in [0.2, 0.25) is 0 Å². The molecule has 3 heterocycles. The van der Waals surface area contributed by atoms with Gasteiger partial charge >= 0.3 is 18.2 Å². The van der Waals surface area contributed by atoms with Gasteiger partial charge in [-0.05, 0) is 41.9 Å². The van der Waals surface area contributed by atoms with Gasteiger partial charge in [0.2, 0.25) is 0 Å². The Hall–Kier alpha value is -3.35. The molecule has 2 aliphatic heterocycles. The first-order valence-electron chi connectivity index (χ1n) is 10.9. The number of fused-ring (bicyclic) bond motifs is 1. The number of carbonyl (C=O) groups excluding carboxylic acids is 1. The number of alkyl halides is 3. The Morgan fingerprint density at radius 2 is 1.97 bits per heavy atom. The molecule has 34 heavy (non-hydrogen) atoms. The van der Waals surface area contributed by atoms with Crippen molar-refractivity contribution in [1.29, 1.82) is 0 Å². The zero-order valence-electron chi connectivity index (χ0n) is 18.2. The molecule has 0 radical (unpaired) electrons. The number of rotatable bonds is 5. The van der Waals surface area contributed by atoms with Crippen LogP contribution in [-0.4, -0.2) is 75.9 Å². The van der Waals surface area contributed by atoms with Crippen LogP contribution in [0.1, 0.15) is 23.2 Å². The molecular formula is C21H24F3N5O5. The molecule has 4 rings (SSSR count). The number of nitrogens with zero attached hydrogens (tertiary/aromatic N) is 5. The number of likely N-dealkylation sites (tertiary alicyclic amines) is 1. The van der Waals surface area contributed by atoms with Gasteiger partial charge in [0.25, 0.3) is 5.91 Å². The highest BCUT2D eigenvalue weighted by Gasteiger charge is 2.32. The fraction of sp³-hybridized carbons (Fsp3) is 0.524. The highest BCUT2D eigenvalue weighted by molar-refractivity contribution is 5.94. The number of amides is 1. The Labute approximate surface area is 193 Å². The van der Waals surface area contributed by atoms with Crippen LogP contribution in [0.15, 0.2) is 30.5 Å². The summed E-state index contributed by atoms with van der Waals surface area (Å²) >= 11 is 0. The Morgan fingerprint density at radius 1 is 1.21 bits per heavy atom. The number of aromatic nitrogens is 2. The summed E-state index contributed by atoms with van der Waals surface area (Å²) in [6.45, 7) is 4.05. The summed E-state index contributed by atoms with van der Waals surface area (Å²) in [5, 5.41) is 10.9. The summed E-state index contributed by atoms with van der Waals surface area (Å²) < 4.78 is 48.5. The molecule has 0 N–H and O–H groups in total. The van der Waals surface area contributed by atoms with Crippen molar-refractivity contribution in [3.63, 3.8) is 0 Å². The maximum Gasteiger partial charge on any atom is 0.573 e. The summed E-state index contributed by atoms with van der Waals surface area (Å²) in [6, 6.07) is 5.37. The average molecular weight is 483 g/mol. The maximum absolute atomic E-state index is 12.8. The van der Waals surface area contributed by atoms with Crippen molar-refractivity contribution in [2.75, 3.05) is 39.3 Å². The molecular weight excluding hydrogens is 459 g/mol. The van der Waals surface area contributed by atoms with E-state index < -0.39 is 17.0 Å². The van der Waals surface area contributed by atoms with Crippen LogP contribution in [0, 0.1) is 16.0 Å². The van der Waals surface area contributed by atoms with Crippen LogP contribution in [0.4, 0.5) is 19.0 Å². The largest absolute Gasteiger partial charge is 0.573 e. The third-order valence-corrected chi connectivity index (χ3v) is 5.94. The molecule has 0 unspecified atom stereocenters. The normalized spacial score (nSPS) is 17.9. The number of hydrogen-bond donors (Lipinski definition) is 0. The monoisotopic (exact) mass is 483 g/mol. The van der Waals surface area contributed by atoms with Crippen LogP contribution in [0.3, 0.4) is 0 Å². The molecule has 1 fully saturated rings. The smallest absolute Gasteiger partial charge is 0.444 e. The van der Waals surface area contributed by atoms with Crippen molar-refractivity contribution < 1.29 is 32.4 Å². The van der Waals surface area contributed by atoms with Crippen molar-refractivity contribution in [3.8, 4) is 11.8 Å². The second-order valence-electron chi connectivity index (χ2n) is 8.29. The minimum Gasteiger partial charge on any atom is -0.444 e. The molecule has 0 spiro atoms. The van der Waals surface area contributed by atoms with Gasteiger partial charge in [-0.2, -0.15) is 0 Å². The van der Waals surface area contributed by atoms with Crippen molar-refractivity contribution in [2.45, 2.75) is 25.7 Å². The molecule has 13 heteroatoms. The van der Waals surface area contributed by atoms with E-state index in [9.17, 15) is 28.1 Å². The fourth-order valence-corrected chi connectivity index (χ4v) is 4.25. The number of carbonyl (C=O) groups is 1. The standard InChI is InChI=1S/C21H24F3N5O5/c22-21(23,24)34-17-3-1-2-16(12-17)19(30)27-6-4-15(5-7-27)13-26-8-9-28-14-18(29(31)32)25-20(28)33-11-10-26/h1-3,12,14-15H,4-11,13H2. The SMILES string of the molecule is O=C(c1cccc(OC(F)(F)F)c1)N1CCC(CN2CCOc3nc([N+](=O)[O-])cn3CC2)CC1. The predicted octanol–water partition coefficient (Wildman–Crippen LogP) is 2.94. The van der Waals surface area contributed by atoms with E-state index in [2.05, 4.69) is 14.6 Å². The van der Waals surface area contributed by atoms with Gasteiger partial charge in [-0.3, -0.25) is 14.3 Å². The zero-order chi connectivity index (χ0) is 24.3. The Bertz CT molecular complexity index is 1040. The fourth-order valence-electron chi connectivity index (χ4n) is 4.25. The lowest BCUT2D eigenvalue weighted by atomic mass is 9.95. The number of ether oxygens (including phenoxy) is 2. The van der Waals surface area contributed by atoms with E-state index in [1.165, 1.54) is 18.3 Å². The molecule has 1 saturated heterocycles. The Morgan fingerprint density at radius 3 is 2.68 bits per heavy atom. The van der Waals surface area contributed by atoms with Gasteiger partial charge in [-0.1, -0.05) is 6.07 Å². The molecule has 2 aliphatic rings. The summed E-state index contributed by atoms with van der Waals surface area (Å²) in [4.78, 5) is 30.9. The van der Waals surface area contributed by atoms with E-state index in [0.717, 1.165) is 31.5 Å². The third kappa shape index (κ3) is 5.95. The van der Waals surface area contributed by atoms with Crippen LogP contribution >= 0.6 is 0 Å². The van der Waals surface area contributed by atoms with Gasteiger partial charge in [0, 0.05) is 49.8 Å². The van der Waals surface area contributed by atoms with Gasteiger partial charge in [-0.25, -0.2) is 0 Å². The number of hydrogen-bond acceptors (Lipinski definition) is 7. The van der Waals surface area contributed by atoms with Crippen LogP contribution in [-0.2, 0) is 6.54 Å². The summed E-state index contributed by atoms with van der Waals surface area (Å²) in [5.41, 5.74) is 0.159. The van der Waals surface area contributed by atoms with Crippen LogP contribution in [0.25, 0.3) is 0 Å². The van der Waals surface area contributed by atoms with Gasteiger partial charge in [0.1, 0.15) is 18.6 Å². The van der Waals surface area contributed by atoms with E-state index in [4.69, 9.17) is 4.74 Å². The van der Waals surface area contributed by atoms with Gasteiger partial charge < -0.3 is 24.5 Å². The number of imidazole rings is 1. The van der Waals surface area contributed by atoms with Gasteiger partial charge in [0.15, 0.2) is 0 Å². The Balaban J connectivity index is 1.28. The molecule has 1 amide bonds. The number of benzene rings is 1. The van der Waals surface area contributed by atoms with Gasteiger partial charge in [-0.15, -0.1) is 13.2 Å². The van der Waals surface area contributed by atoms with Crippen molar-refractivity contribution >= 4 is 11.7 Å². The lowest BCUT2D eigenvalue weighted by Crippen LogP contribution is -2.43. The first-order chi connectivity index (χ1) is 16.2. The first-order valence-corrected chi connectivity index (χ1v) is 10.9. The van der Waals surface area contributed by atoms with Crippen molar-refractivity contribution in [2.24, 2.45) is 5.92 Å². The van der Waals surface area contributed by atoms with Gasteiger partial charge in [0.05, 0.1) is 0 Å². The molecule has 0 aliphatic carbocycles. The highest BCUT2D eigenvalue weighted by Crippen LogP contribution is 2.26. The second kappa shape index (κ2) is 9.87. The molecule has 10 nitrogen and oxygen atoms in total. The number of piperidine rings is 1. The van der Waals surface area contributed by atoms with E-state index in [1.807, 2.05) is 0 Å². The van der Waals surface area contributed by atoms with Crippen molar-refractivity contribution in [1.82, 2.24) is 19.4 Å². The third-order valence-electron chi connectivity index (χ3n) is 5.94. The Kier molecular flexibility index (Phi) is 6.91. The maximum atomic E-state index is 12.8. The van der Waals surface area contributed by atoms with Crippen molar-refractivity contribution in [3.05, 3.63) is 46.1 Å². The van der Waals surface area contributed by atoms with E-state index in [0.29, 0.717) is 45.2 Å². The molecule has 0 atom stereocenters. The molecule has 184 valence electrons. The summed E-state index contributed by atoms with van der Waals surface area (Å²) in [5.74, 6) is -0.630. The molecule has 0 saturated carbocycles. The predicted molar refractivity (Wildman–Crippen MR) is 113 cm³/mol. The zero-order valence-corrected chi connectivity index (χ0v) is 18.2. The molecule has 2 aromatic rings. The van der Waals surface area contributed by atoms with Crippen LogP contribution < -0.4 is 9.47 Å². The number of halogens is 3. The topological polar surface area (TPSA) is 103 Å². The quantitative estimate of drug-likeness (QED) is 0.476. The summed E-state index contributed by atoms with van der Waals surface area (Å²) in [7, 11) is 0. The molecule has 1 aromatic carbocycles. The van der Waals surface area contributed by atoms with E-state index in [1.54, 1.807) is 9.47 Å². The lowest BCUT2D eigenvalue weighted by molar-refractivity contribution is -0.389.